The third-order valence-corrected chi connectivity index (χ3v) is 3.24. The number of fused-ring (bicyclic) bond motifs is 1. The highest BCUT2D eigenvalue weighted by molar-refractivity contribution is 5.81. The molecule has 0 spiro atoms. The van der Waals surface area contributed by atoms with Crippen molar-refractivity contribution in [3.05, 3.63) is 42.1 Å². The van der Waals surface area contributed by atoms with Crippen LogP contribution in [-0.2, 0) is 11.3 Å². The second-order valence-corrected chi connectivity index (χ2v) is 4.76. The number of rotatable bonds is 9. The summed E-state index contributed by atoms with van der Waals surface area (Å²) < 4.78 is 4.98. The van der Waals surface area contributed by atoms with E-state index in [1.165, 1.54) is 10.9 Å². The number of ether oxygens (including phenoxy) is 1. The lowest BCUT2D eigenvalue weighted by Crippen LogP contribution is -2.24. The third-order valence-electron chi connectivity index (χ3n) is 3.24. The number of nitrogens with zero attached hydrogens (tertiary/aromatic N) is 1. The molecule has 0 atom stereocenters. The van der Waals surface area contributed by atoms with Gasteiger partial charge in [0.15, 0.2) is 0 Å². The van der Waals surface area contributed by atoms with Crippen molar-refractivity contribution < 1.29 is 4.74 Å². The van der Waals surface area contributed by atoms with E-state index < -0.39 is 0 Å². The van der Waals surface area contributed by atoms with Gasteiger partial charge in [0.05, 0.1) is 12.1 Å². The molecule has 0 saturated carbocycles. The molecular formula is C16H23N3O. The Bertz CT molecular complexity index is 511. The first-order valence-electron chi connectivity index (χ1n) is 7.15. The van der Waals surface area contributed by atoms with Crippen LogP contribution < -0.4 is 10.6 Å². The topological polar surface area (TPSA) is 46.2 Å². The van der Waals surface area contributed by atoms with E-state index in [0.29, 0.717) is 0 Å². The van der Waals surface area contributed by atoms with Crippen LogP contribution in [0, 0.1) is 0 Å². The van der Waals surface area contributed by atoms with Crippen molar-refractivity contribution in [3.8, 4) is 0 Å². The molecule has 4 nitrogen and oxygen atoms in total. The summed E-state index contributed by atoms with van der Waals surface area (Å²) in [6.07, 6.45) is 2.96. The van der Waals surface area contributed by atoms with Gasteiger partial charge in [-0.25, -0.2) is 0 Å². The van der Waals surface area contributed by atoms with Gasteiger partial charge < -0.3 is 15.4 Å². The van der Waals surface area contributed by atoms with E-state index in [2.05, 4.69) is 39.9 Å². The number of hydrogen-bond donors (Lipinski definition) is 2. The monoisotopic (exact) mass is 273 g/mol. The molecule has 0 fully saturated rings. The van der Waals surface area contributed by atoms with Gasteiger partial charge in [0.1, 0.15) is 0 Å². The number of methoxy groups -OCH3 is 1. The quantitative estimate of drug-likeness (QED) is 0.686. The second kappa shape index (κ2) is 8.64. The second-order valence-electron chi connectivity index (χ2n) is 4.76. The van der Waals surface area contributed by atoms with Crippen molar-refractivity contribution in [1.29, 1.82) is 0 Å². The third kappa shape index (κ3) is 4.56. The predicted molar refractivity (Wildman–Crippen MR) is 82.8 cm³/mol. The Hall–Kier alpha value is -1.49. The van der Waals surface area contributed by atoms with Crippen LogP contribution in [0.15, 0.2) is 36.5 Å². The smallest absolute Gasteiger partial charge is 0.0705 e. The van der Waals surface area contributed by atoms with Crippen molar-refractivity contribution in [2.24, 2.45) is 0 Å². The van der Waals surface area contributed by atoms with Crippen molar-refractivity contribution in [1.82, 2.24) is 15.6 Å². The van der Waals surface area contributed by atoms with Gasteiger partial charge in [0, 0.05) is 31.8 Å². The molecule has 0 radical (unpaired) electrons. The van der Waals surface area contributed by atoms with E-state index in [1.807, 2.05) is 12.3 Å². The van der Waals surface area contributed by atoms with Crippen LogP contribution in [0.2, 0.25) is 0 Å². The standard InChI is InChI=1S/C16H23N3O/c1-20-12-11-17-8-4-9-18-13-14-5-2-7-16-15(14)6-3-10-19-16/h2-3,5-7,10,17-18H,4,8-9,11-13H2,1H3. The van der Waals surface area contributed by atoms with Gasteiger partial charge in [-0.2, -0.15) is 0 Å². The van der Waals surface area contributed by atoms with Gasteiger partial charge >= 0.3 is 0 Å². The molecule has 0 aliphatic carbocycles. The summed E-state index contributed by atoms with van der Waals surface area (Å²) in [5.41, 5.74) is 2.37. The lowest BCUT2D eigenvalue weighted by atomic mass is 10.1. The highest BCUT2D eigenvalue weighted by Crippen LogP contribution is 2.15. The molecule has 2 aromatic rings. The molecule has 0 aliphatic rings. The average Bonchev–Trinajstić information content (AvgIpc) is 2.50. The van der Waals surface area contributed by atoms with Gasteiger partial charge in [-0.3, -0.25) is 4.98 Å². The lowest BCUT2D eigenvalue weighted by molar-refractivity contribution is 0.199. The number of benzene rings is 1. The summed E-state index contributed by atoms with van der Waals surface area (Å²) >= 11 is 0. The number of pyridine rings is 1. The van der Waals surface area contributed by atoms with Crippen LogP contribution in [0.5, 0.6) is 0 Å². The lowest BCUT2D eigenvalue weighted by Gasteiger charge is -2.08. The molecular weight excluding hydrogens is 250 g/mol. The molecule has 1 heterocycles. The van der Waals surface area contributed by atoms with Crippen LogP contribution in [0.4, 0.5) is 0 Å². The van der Waals surface area contributed by atoms with Gasteiger partial charge in [-0.1, -0.05) is 18.2 Å². The van der Waals surface area contributed by atoms with Crippen molar-refractivity contribution in [3.63, 3.8) is 0 Å². The Morgan fingerprint density at radius 2 is 1.95 bits per heavy atom. The molecule has 20 heavy (non-hydrogen) atoms. The van der Waals surface area contributed by atoms with Gasteiger partial charge in [0.2, 0.25) is 0 Å². The molecule has 0 unspecified atom stereocenters. The van der Waals surface area contributed by atoms with Crippen LogP contribution in [0.3, 0.4) is 0 Å². The Morgan fingerprint density at radius 3 is 2.85 bits per heavy atom. The molecule has 0 amide bonds. The van der Waals surface area contributed by atoms with Crippen LogP contribution >= 0.6 is 0 Å². The Kier molecular flexibility index (Phi) is 6.44. The SMILES string of the molecule is COCCNCCCNCc1cccc2ncccc12. The average molecular weight is 273 g/mol. The van der Waals surface area contributed by atoms with E-state index in [0.717, 1.165) is 44.7 Å². The summed E-state index contributed by atoms with van der Waals surface area (Å²) in [6.45, 7) is 4.62. The molecule has 2 rings (SSSR count). The minimum Gasteiger partial charge on any atom is -0.383 e. The molecule has 108 valence electrons. The maximum absolute atomic E-state index is 4.98. The van der Waals surface area contributed by atoms with Gasteiger partial charge in [-0.05, 0) is 37.2 Å². The molecule has 0 aliphatic heterocycles. The molecule has 4 heteroatoms. The van der Waals surface area contributed by atoms with E-state index in [-0.39, 0.29) is 0 Å². The Balaban J connectivity index is 1.71. The summed E-state index contributed by atoms with van der Waals surface area (Å²) in [5, 5.41) is 8.06. The maximum Gasteiger partial charge on any atom is 0.0705 e. The zero-order valence-corrected chi connectivity index (χ0v) is 12.1. The molecule has 0 bridgehead atoms. The molecule has 2 N–H and O–H groups in total. The number of aromatic nitrogens is 1. The van der Waals surface area contributed by atoms with Crippen LogP contribution in [-0.4, -0.2) is 38.3 Å². The first kappa shape index (κ1) is 14.9. The minimum atomic E-state index is 0.774. The van der Waals surface area contributed by atoms with Crippen molar-refractivity contribution in [2.75, 3.05) is 33.4 Å². The highest BCUT2D eigenvalue weighted by atomic mass is 16.5. The highest BCUT2D eigenvalue weighted by Gasteiger charge is 2.00. The van der Waals surface area contributed by atoms with E-state index >= 15 is 0 Å². The first-order chi connectivity index (χ1) is 9.92. The molecule has 1 aromatic carbocycles. The minimum absolute atomic E-state index is 0.774. The zero-order chi connectivity index (χ0) is 14.0. The van der Waals surface area contributed by atoms with E-state index in [1.54, 1.807) is 7.11 Å². The predicted octanol–water partition coefficient (Wildman–Crippen LogP) is 1.95. The Labute approximate surface area is 120 Å². The fourth-order valence-electron chi connectivity index (χ4n) is 2.18. The normalized spacial score (nSPS) is 11.1. The van der Waals surface area contributed by atoms with Crippen LogP contribution in [0.1, 0.15) is 12.0 Å². The van der Waals surface area contributed by atoms with E-state index in [9.17, 15) is 0 Å². The fraction of sp³-hybridized carbons (Fsp3) is 0.438. The fourth-order valence-corrected chi connectivity index (χ4v) is 2.18. The number of hydrogen-bond acceptors (Lipinski definition) is 4. The number of nitrogens with one attached hydrogen (secondary N) is 2. The van der Waals surface area contributed by atoms with Gasteiger partial charge in [-0.15, -0.1) is 0 Å². The van der Waals surface area contributed by atoms with Crippen molar-refractivity contribution >= 4 is 10.9 Å². The largest absolute Gasteiger partial charge is 0.383 e. The van der Waals surface area contributed by atoms with Crippen molar-refractivity contribution in [2.45, 2.75) is 13.0 Å². The van der Waals surface area contributed by atoms with Crippen LogP contribution in [0.25, 0.3) is 10.9 Å². The Morgan fingerprint density at radius 1 is 1.05 bits per heavy atom. The van der Waals surface area contributed by atoms with E-state index in [4.69, 9.17) is 4.74 Å². The maximum atomic E-state index is 4.98. The molecule has 1 aromatic heterocycles. The molecule has 0 saturated heterocycles. The summed E-state index contributed by atoms with van der Waals surface area (Å²) in [7, 11) is 1.72. The summed E-state index contributed by atoms with van der Waals surface area (Å²) in [6, 6.07) is 10.4. The first-order valence-corrected chi connectivity index (χ1v) is 7.15. The zero-order valence-electron chi connectivity index (χ0n) is 12.1. The summed E-state index contributed by atoms with van der Waals surface area (Å²) in [4.78, 5) is 4.38. The van der Waals surface area contributed by atoms with Gasteiger partial charge in [0.25, 0.3) is 0 Å². The summed E-state index contributed by atoms with van der Waals surface area (Å²) in [5.74, 6) is 0.